The molecule has 1 aromatic heterocycles. The number of nitrogens with one attached hydrogen (secondary N) is 2. The maximum Gasteiger partial charge on any atom is 0.257 e. The Morgan fingerprint density at radius 1 is 1.05 bits per heavy atom. The molecule has 5 rings (SSSR count). The molecular weight excluding hydrogens is 526 g/mol. The Balaban J connectivity index is 1.27. The number of thiazole rings is 1. The van der Waals surface area contributed by atoms with Gasteiger partial charge in [0.15, 0.2) is 0 Å². The molecule has 0 bridgehead atoms. The van der Waals surface area contributed by atoms with Crippen molar-refractivity contribution in [2.24, 2.45) is 0 Å². The van der Waals surface area contributed by atoms with Crippen LogP contribution in [0.5, 0.6) is 5.75 Å². The lowest BCUT2D eigenvalue weighted by Crippen LogP contribution is -2.22. The smallest absolute Gasteiger partial charge is 0.257 e. The standard InChI is InChI=1S/C27H23N3O6S2/c31-12-3-13-36-19-9-6-17(7-10-19)27-29-16-20(37-27)15-28-25(32)18-8-11-24-22(14-18)30-26(33)21-4-1-2-5-23(21)38(24,34)35/h1-2,4-11,14,16,31H,3,12-13,15H2,(H,28,32)(H,30,33). The van der Waals surface area contributed by atoms with Crippen molar-refractivity contribution in [2.75, 3.05) is 18.5 Å². The van der Waals surface area contributed by atoms with E-state index in [1.807, 2.05) is 24.3 Å². The number of carbonyl (C=O) groups excluding carboxylic acids is 2. The molecule has 1 aliphatic rings. The zero-order chi connectivity index (χ0) is 26.7. The summed E-state index contributed by atoms with van der Waals surface area (Å²) >= 11 is 1.43. The quantitative estimate of drug-likeness (QED) is 0.284. The molecule has 0 saturated heterocycles. The number of amides is 2. The summed E-state index contributed by atoms with van der Waals surface area (Å²) in [6.45, 7) is 0.749. The molecule has 2 heterocycles. The van der Waals surface area contributed by atoms with Crippen LogP contribution in [-0.4, -0.2) is 43.5 Å². The van der Waals surface area contributed by atoms with Crippen LogP contribution in [0.15, 0.2) is 82.7 Å². The third-order valence-corrected chi connectivity index (χ3v) is 8.77. The fraction of sp³-hybridized carbons (Fsp3) is 0.148. The van der Waals surface area contributed by atoms with E-state index in [-0.39, 0.29) is 39.8 Å². The summed E-state index contributed by atoms with van der Waals surface area (Å²) in [7, 11) is -3.94. The molecule has 4 aromatic rings. The van der Waals surface area contributed by atoms with Crippen LogP contribution >= 0.6 is 11.3 Å². The van der Waals surface area contributed by atoms with Gasteiger partial charge in [-0.3, -0.25) is 9.59 Å². The summed E-state index contributed by atoms with van der Waals surface area (Å²) in [5, 5.41) is 15.1. The number of rotatable bonds is 8. The van der Waals surface area contributed by atoms with E-state index in [1.54, 1.807) is 18.3 Å². The van der Waals surface area contributed by atoms with Gasteiger partial charge in [-0.25, -0.2) is 13.4 Å². The Kier molecular flexibility index (Phi) is 7.23. The van der Waals surface area contributed by atoms with E-state index >= 15 is 0 Å². The number of aromatic nitrogens is 1. The normalized spacial score (nSPS) is 13.6. The monoisotopic (exact) mass is 549 g/mol. The Morgan fingerprint density at radius 2 is 1.84 bits per heavy atom. The van der Waals surface area contributed by atoms with Crippen molar-refractivity contribution in [3.05, 3.63) is 88.9 Å². The first kappa shape index (κ1) is 25.6. The van der Waals surface area contributed by atoms with E-state index in [0.717, 1.165) is 15.4 Å². The number of ether oxygens (including phenoxy) is 1. The van der Waals surface area contributed by atoms with Crippen LogP contribution in [0.4, 0.5) is 5.69 Å². The second-order valence-electron chi connectivity index (χ2n) is 8.43. The molecule has 9 nitrogen and oxygen atoms in total. The van der Waals surface area contributed by atoms with Crippen LogP contribution in [0.1, 0.15) is 32.0 Å². The summed E-state index contributed by atoms with van der Waals surface area (Å²) in [6, 6.07) is 17.6. The molecule has 0 aliphatic carbocycles. The van der Waals surface area contributed by atoms with Gasteiger partial charge in [0.25, 0.3) is 11.8 Å². The van der Waals surface area contributed by atoms with Gasteiger partial charge in [-0.05, 0) is 54.6 Å². The van der Waals surface area contributed by atoms with E-state index in [4.69, 9.17) is 9.84 Å². The van der Waals surface area contributed by atoms with Crippen molar-refractivity contribution in [3.63, 3.8) is 0 Å². The summed E-state index contributed by atoms with van der Waals surface area (Å²) in [5.74, 6) is -0.261. The van der Waals surface area contributed by atoms with Gasteiger partial charge in [0.2, 0.25) is 9.84 Å². The minimum Gasteiger partial charge on any atom is -0.494 e. The summed E-state index contributed by atoms with van der Waals surface area (Å²) < 4.78 is 31.8. The Morgan fingerprint density at radius 3 is 2.63 bits per heavy atom. The summed E-state index contributed by atoms with van der Waals surface area (Å²) in [4.78, 5) is 30.6. The SMILES string of the molecule is O=C(NCc1cnc(-c2ccc(OCCCO)cc2)s1)c1ccc2c(c1)NC(=O)c1ccccc1S2(=O)=O. The number of benzene rings is 3. The first-order chi connectivity index (χ1) is 18.4. The molecule has 0 unspecified atom stereocenters. The molecule has 0 radical (unpaired) electrons. The van der Waals surface area contributed by atoms with Crippen molar-refractivity contribution in [2.45, 2.75) is 22.8 Å². The van der Waals surface area contributed by atoms with E-state index in [2.05, 4.69) is 15.6 Å². The molecule has 194 valence electrons. The number of hydrogen-bond donors (Lipinski definition) is 3. The average molecular weight is 550 g/mol. The van der Waals surface area contributed by atoms with E-state index in [9.17, 15) is 18.0 Å². The van der Waals surface area contributed by atoms with Gasteiger partial charge in [-0.1, -0.05) is 12.1 Å². The van der Waals surface area contributed by atoms with Crippen LogP contribution < -0.4 is 15.4 Å². The summed E-state index contributed by atoms with van der Waals surface area (Å²) in [6.07, 6.45) is 2.25. The van der Waals surface area contributed by atoms with Crippen molar-refractivity contribution in [1.29, 1.82) is 0 Å². The van der Waals surface area contributed by atoms with Gasteiger partial charge >= 0.3 is 0 Å². The van der Waals surface area contributed by atoms with Gasteiger partial charge in [-0.2, -0.15) is 0 Å². The Labute approximate surface area is 223 Å². The molecule has 0 fully saturated rings. The number of sulfone groups is 1. The maximum absolute atomic E-state index is 13.1. The molecule has 3 aromatic carbocycles. The lowest BCUT2D eigenvalue weighted by molar-refractivity contribution is 0.0949. The van der Waals surface area contributed by atoms with Crippen molar-refractivity contribution in [1.82, 2.24) is 10.3 Å². The maximum atomic E-state index is 13.1. The van der Waals surface area contributed by atoms with Gasteiger partial charge < -0.3 is 20.5 Å². The van der Waals surface area contributed by atoms with Gasteiger partial charge in [-0.15, -0.1) is 11.3 Å². The summed E-state index contributed by atoms with van der Waals surface area (Å²) in [5.41, 5.74) is 1.24. The topological polar surface area (TPSA) is 135 Å². The highest BCUT2D eigenvalue weighted by Crippen LogP contribution is 2.34. The van der Waals surface area contributed by atoms with Crippen molar-refractivity contribution < 1.29 is 27.9 Å². The van der Waals surface area contributed by atoms with E-state index in [1.165, 1.54) is 41.7 Å². The number of carbonyl (C=O) groups is 2. The van der Waals surface area contributed by atoms with Crippen LogP contribution in [-0.2, 0) is 16.4 Å². The highest BCUT2D eigenvalue weighted by atomic mass is 32.2. The third kappa shape index (κ3) is 5.17. The predicted molar refractivity (Wildman–Crippen MR) is 142 cm³/mol. The third-order valence-electron chi connectivity index (χ3n) is 5.85. The van der Waals surface area contributed by atoms with Crippen LogP contribution in [0.2, 0.25) is 0 Å². The van der Waals surface area contributed by atoms with Gasteiger partial charge in [0.05, 0.1) is 34.2 Å². The Bertz CT molecular complexity index is 1610. The molecule has 11 heteroatoms. The predicted octanol–water partition coefficient (Wildman–Crippen LogP) is 3.90. The van der Waals surface area contributed by atoms with E-state index < -0.39 is 21.7 Å². The molecule has 38 heavy (non-hydrogen) atoms. The molecular formula is C27H23N3O6S2. The minimum absolute atomic E-state index is 0.0552. The van der Waals surface area contributed by atoms with Crippen molar-refractivity contribution >= 4 is 38.7 Å². The fourth-order valence-electron chi connectivity index (χ4n) is 3.94. The zero-order valence-corrected chi connectivity index (χ0v) is 21.6. The van der Waals surface area contributed by atoms with Crippen LogP contribution in [0.3, 0.4) is 0 Å². The van der Waals surface area contributed by atoms with Crippen LogP contribution in [0.25, 0.3) is 10.6 Å². The number of hydrogen-bond acceptors (Lipinski definition) is 8. The molecule has 1 aliphatic heterocycles. The molecule has 0 saturated carbocycles. The minimum atomic E-state index is -3.94. The fourth-order valence-corrected chi connectivity index (χ4v) is 6.39. The van der Waals surface area contributed by atoms with E-state index in [0.29, 0.717) is 18.8 Å². The highest BCUT2D eigenvalue weighted by Gasteiger charge is 2.31. The Hall–Kier alpha value is -4.06. The highest BCUT2D eigenvalue weighted by molar-refractivity contribution is 7.91. The molecule has 0 atom stereocenters. The number of nitrogens with zero attached hydrogens (tertiary/aromatic N) is 1. The average Bonchev–Trinajstić information content (AvgIpc) is 3.38. The second kappa shape index (κ2) is 10.7. The number of fused-ring (bicyclic) bond motifs is 2. The number of aliphatic hydroxyl groups is 1. The van der Waals surface area contributed by atoms with Crippen LogP contribution in [0, 0.1) is 0 Å². The molecule has 2 amide bonds. The lowest BCUT2D eigenvalue weighted by atomic mass is 10.1. The van der Waals surface area contributed by atoms with Crippen molar-refractivity contribution in [3.8, 4) is 16.3 Å². The lowest BCUT2D eigenvalue weighted by Gasteiger charge is -2.10. The largest absolute Gasteiger partial charge is 0.494 e. The first-order valence-electron chi connectivity index (χ1n) is 11.7. The number of aliphatic hydroxyl groups excluding tert-OH is 1. The second-order valence-corrected chi connectivity index (χ2v) is 11.4. The zero-order valence-electron chi connectivity index (χ0n) is 20.0. The van der Waals surface area contributed by atoms with Gasteiger partial charge in [0.1, 0.15) is 10.8 Å². The van der Waals surface area contributed by atoms with Gasteiger partial charge in [0, 0.05) is 35.2 Å². The first-order valence-corrected chi connectivity index (χ1v) is 14.0. The molecule has 0 spiro atoms. The number of anilines is 1. The molecule has 3 N–H and O–H groups in total.